The highest BCUT2D eigenvalue weighted by Gasteiger charge is 2.13. The van der Waals surface area contributed by atoms with Crippen LogP contribution in [-0.4, -0.2) is 15.6 Å². The van der Waals surface area contributed by atoms with E-state index >= 15 is 0 Å². The Morgan fingerprint density at radius 1 is 1.35 bits per heavy atom. The molecule has 0 amide bonds. The summed E-state index contributed by atoms with van der Waals surface area (Å²) in [5.41, 5.74) is 0.510. The summed E-state index contributed by atoms with van der Waals surface area (Å²) in [6, 6.07) is 4.55. The summed E-state index contributed by atoms with van der Waals surface area (Å²) < 4.78 is 27.6. The Hall–Kier alpha value is -2.04. The van der Waals surface area contributed by atoms with Gasteiger partial charge in [0.25, 0.3) is 0 Å². The fourth-order valence-electron chi connectivity index (χ4n) is 1.49. The first-order chi connectivity index (χ1) is 8.06. The number of ketones is 1. The third-order valence-electron chi connectivity index (χ3n) is 2.31. The molecule has 0 saturated heterocycles. The molecule has 17 heavy (non-hydrogen) atoms. The van der Waals surface area contributed by atoms with Gasteiger partial charge < -0.3 is 0 Å². The van der Waals surface area contributed by atoms with Gasteiger partial charge in [-0.1, -0.05) is 0 Å². The van der Waals surface area contributed by atoms with Crippen LogP contribution in [0.4, 0.5) is 8.78 Å². The molecule has 0 unspecified atom stereocenters. The summed E-state index contributed by atoms with van der Waals surface area (Å²) in [4.78, 5) is 11.7. The van der Waals surface area contributed by atoms with Gasteiger partial charge in [0.1, 0.15) is 18.2 Å². The molecule has 1 aromatic carbocycles. The summed E-state index contributed by atoms with van der Waals surface area (Å²) in [6.07, 6.45) is 1.62. The SMILES string of the molecule is Cc1ccn(CC(=O)c2cc(F)ccc2F)n1. The van der Waals surface area contributed by atoms with Crippen molar-refractivity contribution in [2.24, 2.45) is 0 Å². The maximum Gasteiger partial charge on any atom is 0.187 e. The highest BCUT2D eigenvalue weighted by atomic mass is 19.1. The van der Waals surface area contributed by atoms with Crippen molar-refractivity contribution in [3.8, 4) is 0 Å². The van der Waals surface area contributed by atoms with Gasteiger partial charge in [-0.15, -0.1) is 0 Å². The van der Waals surface area contributed by atoms with Crippen LogP contribution in [0.3, 0.4) is 0 Å². The van der Waals surface area contributed by atoms with Gasteiger partial charge in [0.2, 0.25) is 0 Å². The van der Waals surface area contributed by atoms with E-state index in [4.69, 9.17) is 0 Å². The molecule has 2 rings (SSSR count). The highest BCUT2D eigenvalue weighted by molar-refractivity contribution is 5.96. The van der Waals surface area contributed by atoms with E-state index in [1.165, 1.54) is 4.68 Å². The van der Waals surface area contributed by atoms with E-state index in [0.29, 0.717) is 0 Å². The van der Waals surface area contributed by atoms with E-state index in [2.05, 4.69) is 5.10 Å². The summed E-state index contributed by atoms with van der Waals surface area (Å²) in [6.45, 7) is 1.68. The number of aromatic nitrogens is 2. The van der Waals surface area contributed by atoms with Gasteiger partial charge >= 0.3 is 0 Å². The molecule has 5 heteroatoms. The second-order valence-electron chi connectivity index (χ2n) is 3.70. The van der Waals surface area contributed by atoms with Crippen LogP contribution in [0.25, 0.3) is 0 Å². The van der Waals surface area contributed by atoms with Crippen LogP contribution in [0.15, 0.2) is 30.5 Å². The third-order valence-corrected chi connectivity index (χ3v) is 2.31. The minimum Gasteiger partial charge on any atom is -0.292 e. The summed E-state index contributed by atoms with van der Waals surface area (Å²) in [7, 11) is 0. The predicted molar refractivity (Wildman–Crippen MR) is 57.7 cm³/mol. The number of carbonyl (C=O) groups is 1. The molecular formula is C12H10F2N2O. The minimum absolute atomic E-state index is 0.103. The molecule has 0 spiro atoms. The Kier molecular flexibility index (Phi) is 2.99. The Labute approximate surface area is 96.7 Å². The number of Topliss-reactive ketones (excluding diaryl/α,β-unsaturated/α-hetero) is 1. The summed E-state index contributed by atoms with van der Waals surface area (Å²) in [5.74, 6) is -1.86. The number of hydrogen-bond acceptors (Lipinski definition) is 2. The Morgan fingerprint density at radius 3 is 2.76 bits per heavy atom. The van der Waals surface area contributed by atoms with E-state index in [1.54, 1.807) is 19.2 Å². The number of aryl methyl sites for hydroxylation is 1. The molecular weight excluding hydrogens is 226 g/mol. The Bertz CT molecular complexity index is 563. The molecule has 1 aromatic heterocycles. The van der Waals surface area contributed by atoms with Crippen molar-refractivity contribution < 1.29 is 13.6 Å². The first-order valence-corrected chi connectivity index (χ1v) is 5.04. The zero-order valence-corrected chi connectivity index (χ0v) is 9.15. The molecule has 1 heterocycles. The fourth-order valence-corrected chi connectivity index (χ4v) is 1.49. The van der Waals surface area contributed by atoms with Crippen LogP contribution >= 0.6 is 0 Å². The number of rotatable bonds is 3. The van der Waals surface area contributed by atoms with Gasteiger partial charge in [-0.2, -0.15) is 5.10 Å². The number of nitrogens with zero attached hydrogens (tertiary/aromatic N) is 2. The lowest BCUT2D eigenvalue weighted by molar-refractivity contribution is 0.0963. The normalized spacial score (nSPS) is 10.5. The van der Waals surface area contributed by atoms with E-state index in [0.717, 1.165) is 23.9 Å². The second-order valence-corrected chi connectivity index (χ2v) is 3.70. The van der Waals surface area contributed by atoms with Crippen LogP contribution in [-0.2, 0) is 6.54 Å². The van der Waals surface area contributed by atoms with Gasteiger partial charge in [-0.05, 0) is 31.2 Å². The van der Waals surface area contributed by atoms with Crippen molar-refractivity contribution in [1.82, 2.24) is 9.78 Å². The molecule has 0 fully saturated rings. The van der Waals surface area contributed by atoms with Crippen LogP contribution < -0.4 is 0 Å². The predicted octanol–water partition coefficient (Wildman–Crippen LogP) is 2.35. The quantitative estimate of drug-likeness (QED) is 0.767. The van der Waals surface area contributed by atoms with Gasteiger partial charge in [0.05, 0.1) is 11.3 Å². The second kappa shape index (κ2) is 4.45. The highest BCUT2D eigenvalue weighted by Crippen LogP contribution is 2.11. The zero-order valence-electron chi connectivity index (χ0n) is 9.15. The van der Waals surface area contributed by atoms with Crippen molar-refractivity contribution in [3.63, 3.8) is 0 Å². The third kappa shape index (κ3) is 2.55. The molecule has 0 aliphatic heterocycles. The molecule has 2 aromatic rings. The first kappa shape index (κ1) is 11.4. The monoisotopic (exact) mass is 236 g/mol. The van der Waals surface area contributed by atoms with Crippen LogP contribution in [0.1, 0.15) is 16.1 Å². The molecule has 0 aliphatic rings. The van der Waals surface area contributed by atoms with Gasteiger partial charge in [0.15, 0.2) is 5.78 Å². The molecule has 88 valence electrons. The smallest absolute Gasteiger partial charge is 0.187 e. The van der Waals surface area contributed by atoms with E-state index in [9.17, 15) is 13.6 Å². The van der Waals surface area contributed by atoms with Gasteiger partial charge in [-0.3, -0.25) is 9.48 Å². The Balaban J connectivity index is 2.22. The topological polar surface area (TPSA) is 34.9 Å². The van der Waals surface area contributed by atoms with Crippen molar-refractivity contribution >= 4 is 5.78 Å². The molecule has 0 N–H and O–H groups in total. The first-order valence-electron chi connectivity index (χ1n) is 5.04. The fraction of sp³-hybridized carbons (Fsp3) is 0.167. The lowest BCUT2D eigenvalue weighted by atomic mass is 10.1. The molecule has 0 radical (unpaired) electrons. The Morgan fingerprint density at radius 2 is 2.12 bits per heavy atom. The number of carbonyl (C=O) groups excluding carboxylic acids is 1. The largest absolute Gasteiger partial charge is 0.292 e. The van der Waals surface area contributed by atoms with Crippen molar-refractivity contribution in [2.75, 3.05) is 0 Å². The van der Waals surface area contributed by atoms with Crippen LogP contribution in [0.2, 0.25) is 0 Å². The van der Waals surface area contributed by atoms with E-state index in [1.807, 2.05) is 0 Å². The average Bonchev–Trinajstić information content (AvgIpc) is 2.67. The van der Waals surface area contributed by atoms with Crippen molar-refractivity contribution in [1.29, 1.82) is 0 Å². The molecule has 0 atom stereocenters. The number of benzene rings is 1. The number of halogens is 2. The molecule has 0 saturated carbocycles. The average molecular weight is 236 g/mol. The zero-order chi connectivity index (χ0) is 12.4. The number of hydrogen-bond donors (Lipinski definition) is 0. The minimum atomic E-state index is -0.722. The summed E-state index contributed by atoms with van der Waals surface area (Å²) >= 11 is 0. The van der Waals surface area contributed by atoms with Crippen LogP contribution in [0.5, 0.6) is 0 Å². The van der Waals surface area contributed by atoms with Crippen molar-refractivity contribution in [3.05, 3.63) is 53.4 Å². The van der Waals surface area contributed by atoms with Gasteiger partial charge in [0, 0.05) is 6.20 Å². The molecule has 3 nitrogen and oxygen atoms in total. The van der Waals surface area contributed by atoms with Gasteiger partial charge in [-0.25, -0.2) is 8.78 Å². The maximum atomic E-state index is 13.3. The van der Waals surface area contributed by atoms with Crippen molar-refractivity contribution in [2.45, 2.75) is 13.5 Å². The maximum absolute atomic E-state index is 13.3. The van der Waals surface area contributed by atoms with E-state index < -0.39 is 17.4 Å². The molecule has 0 aliphatic carbocycles. The summed E-state index contributed by atoms with van der Waals surface area (Å²) in [5, 5.41) is 4.01. The molecule has 0 bridgehead atoms. The lowest BCUT2D eigenvalue weighted by Crippen LogP contribution is -2.13. The standard InChI is InChI=1S/C12H10F2N2O/c1-8-4-5-16(15-8)7-12(17)10-6-9(13)2-3-11(10)14/h2-6H,7H2,1H3. The van der Waals surface area contributed by atoms with Crippen LogP contribution in [0, 0.1) is 18.6 Å². The van der Waals surface area contributed by atoms with E-state index in [-0.39, 0.29) is 12.1 Å². The lowest BCUT2D eigenvalue weighted by Gasteiger charge is -2.03.